The van der Waals surface area contributed by atoms with E-state index in [1.54, 1.807) is 6.07 Å². The number of aliphatic carboxylic acids is 1. The van der Waals surface area contributed by atoms with Crippen LogP contribution in [-0.4, -0.2) is 48.7 Å². The minimum absolute atomic E-state index is 0.235. The van der Waals surface area contributed by atoms with Crippen LogP contribution < -0.4 is 0 Å². The number of rotatable bonds is 8. The fourth-order valence-corrected chi connectivity index (χ4v) is 1.74. The van der Waals surface area contributed by atoms with Gasteiger partial charge in [0.25, 0.3) is 5.91 Å². The van der Waals surface area contributed by atoms with Crippen molar-refractivity contribution < 1.29 is 23.8 Å². The molecule has 0 saturated carbocycles. The number of carbonyl (C=O) groups excluding carboxylic acids is 1. The fourth-order valence-electron chi connectivity index (χ4n) is 1.74. The minimum Gasteiger partial charge on any atom is -0.480 e. The Morgan fingerprint density at radius 3 is 2.79 bits per heavy atom. The lowest BCUT2D eigenvalue weighted by atomic mass is 10.1. The van der Waals surface area contributed by atoms with Crippen LogP contribution in [-0.2, 0) is 16.0 Å². The highest BCUT2D eigenvalue weighted by atomic mass is 16.5. The van der Waals surface area contributed by atoms with Gasteiger partial charge in [-0.15, -0.1) is 0 Å². The van der Waals surface area contributed by atoms with Crippen molar-refractivity contribution in [3.8, 4) is 0 Å². The first kappa shape index (κ1) is 15.2. The Morgan fingerprint density at radius 1 is 1.47 bits per heavy atom. The van der Waals surface area contributed by atoms with E-state index in [1.807, 2.05) is 6.92 Å². The van der Waals surface area contributed by atoms with Crippen molar-refractivity contribution in [3.05, 3.63) is 23.7 Å². The summed E-state index contributed by atoms with van der Waals surface area (Å²) < 4.78 is 10.1. The van der Waals surface area contributed by atoms with Crippen molar-refractivity contribution >= 4 is 11.9 Å². The monoisotopic (exact) mass is 269 g/mol. The van der Waals surface area contributed by atoms with Gasteiger partial charge in [-0.1, -0.05) is 6.92 Å². The SMILES string of the molecule is CCCc1occc1C(=O)N(CCOC)CC(=O)O. The topological polar surface area (TPSA) is 80.0 Å². The lowest BCUT2D eigenvalue weighted by Crippen LogP contribution is -2.38. The molecule has 6 heteroatoms. The first-order valence-corrected chi connectivity index (χ1v) is 6.16. The smallest absolute Gasteiger partial charge is 0.323 e. The van der Waals surface area contributed by atoms with Crippen molar-refractivity contribution in [1.29, 1.82) is 0 Å². The molecule has 0 unspecified atom stereocenters. The summed E-state index contributed by atoms with van der Waals surface area (Å²) >= 11 is 0. The number of aryl methyl sites for hydroxylation is 1. The van der Waals surface area contributed by atoms with E-state index in [4.69, 9.17) is 14.3 Å². The maximum atomic E-state index is 12.3. The van der Waals surface area contributed by atoms with Gasteiger partial charge in [-0.3, -0.25) is 9.59 Å². The Bertz CT molecular complexity index is 426. The predicted octanol–water partition coefficient (Wildman–Crippen LogP) is 1.41. The highest BCUT2D eigenvalue weighted by Gasteiger charge is 2.22. The number of hydrogen-bond acceptors (Lipinski definition) is 4. The van der Waals surface area contributed by atoms with Crippen LogP contribution in [0.25, 0.3) is 0 Å². The highest BCUT2D eigenvalue weighted by Crippen LogP contribution is 2.15. The van der Waals surface area contributed by atoms with Crippen LogP contribution in [0.5, 0.6) is 0 Å². The molecule has 0 aliphatic carbocycles. The van der Waals surface area contributed by atoms with Crippen LogP contribution in [0.1, 0.15) is 29.5 Å². The second kappa shape index (κ2) is 7.58. The maximum Gasteiger partial charge on any atom is 0.323 e. The number of carbonyl (C=O) groups is 2. The number of carboxylic acid groups (broad SMARTS) is 1. The molecule has 1 aromatic heterocycles. The van der Waals surface area contributed by atoms with E-state index in [0.717, 1.165) is 6.42 Å². The molecule has 0 aliphatic rings. The Labute approximate surface area is 112 Å². The molecule has 0 bridgehead atoms. The number of hydrogen-bond donors (Lipinski definition) is 1. The average molecular weight is 269 g/mol. The third-order valence-corrected chi connectivity index (χ3v) is 2.63. The van der Waals surface area contributed by atoms with Gasteiger partial charge in [-0.2, -0.15) is 0 Å². The van der Waals surface area contributed by atoms with Crippen molar-refractivity contribution in [3.63, 3.8) is 0 Å². The molecule has 1 N–H and O–H groups in total. The Kier molecular flexibility index (Phi) is 6.08. The summed E-state index contributed by atoms with van der Waals surface area (Å²) in [5.41, 5.74) is 0.430. The summed E-state index contributed by atoms with van der Waals surface area (Å²) in [7, 11) is 1.50. The minimum atomic E-state index is -1.05. The number of nitrogens with zero attached hydrogens (tertiary/aromatic N) is 1. The Balaban J connectivity index is 2.84. The molecule has 1 aromatic rings. The van der Waals surface area contributed by atoms with Crippen LogP contribution in [0, 0.1) is 0 Å². The van der Waals surface area contributed by atoms with E-state index < -0.39 is 5.97 Å². The summed E-state index contributed by atoms with van der Waals surface area (Å²) in [6, 6.07) is 1.58. The van der Waals surface area contributed by atoms with Gasteiger partial charge >= 0.3 is 5.97 Å². The zero-order valence-electron chi connectivity index (χ0n) is 11.2. The largest absolute Gasteiger partial charge is 0.480 e. The molecule has 0 aromatic carbocycles. The van der Waals surface area contributed by atoms with E-state index >= 15 is 0 Å². The van der Waals surface area contributed by atoms with Crippen LogP contribution in [0.2, 0.25) is 0 Å². The van der Waals surface area contributed by atoms with Crippen molar-refractivity contribution in [1.82, 2.24) is 4.90 Å². The molecule has 0 spiro atoms. The molecule has 106 valence electrons. The molecule has 0 radical (unpaired) electrons. The van der Waals surface area contributed by atoms with Gasteiger partial charge in [0.15, 0.2) is 0 Å². The average Bonchev–Trinajstić information content (AvgIpc) is 2.82. The third-order valence-electron chi connectivity index (χ3n) is 2.63. The van der Waals surface area contributed by atoms with Gasteiger partial charge in [0.05, 0.1) is 18.4 Å². The Hall–Kier alpha value is -1.82. The number of ether oxygens (including phenoxy) is 1. The number of methoxy groups -OCH3 is 1. The predicted molar refractivity (Wildman–Crippen MR) is 68.1 cm³/mol. The van der Waals surface area contributed by atoms with Crippen molar-refractivity contribution in [2.24, 2.45) is 0 Å². The number of amides is 1. The van der Waals surface area contributed by atoms with Gasteiger partial charge in [-0.05, 0) is 12.5 Å². The third kappa shape index (κ3) is 4.40. The van der Waals surface area contributed by atoms with Crippen LogP contribution in [0.3, 0.4) is 0 Å². The second-order valence-electron chi connectivity index (χ2n) is 4.12. The molecule has 1 heterocycles. The summed E-state index contributed by atoms with van der Waals surface area (Å²) in [4.78, 5) is 24.3. The van der Waals surface area contributed by atoms with E-state index in [1.165, 1.54) is 18.3 Å². The summed E-state index contributed by atoms with van der Waals surface area (Å²) in [5, 5.41) is 8.84. The van der Waals surface area contributed by atoms with E-state index in [0.29, 0.717) is 24.4 Å². The molecular formula is C13H19NO5. The highest BCUT2D eigenvalue weighted by molar-refractivity contribution is 5.96. The van der Waals surface area contributed by atoms with E-state index in [9.17, 15) is 9.59 Å². The summed E-state index contributed by atoms with van der Waals surface area (Å²) in [6.07, 6.45) is 2.96. The van der Waals surface area contributed by atoms with Crippen LogP contribution in [0.15, 0.2) is 16.7 Å². The van der Waals surface area contributed by atoms with Crippen LogP contribution >= 0.6 is 0 Å². The normalized spacial score (nSPS) is 10.4. The number of carboxylic acids is 1. The number of furan rings is 1. The van der Waals surface area contributed by atoms with E-state index in [2.05, 4.69) is 0 Å². The second-order valence-corrected chi connectivity index (χ2v) is 4.12. The van der Waals surface area contributed by atoms with Gasteiger partial charge in [0, 0.05) is 20.1 Å². The van der Waals surface area contributed by atoms with Gasteiger partial charge < -0.3 is 19.2 Å². The molecule has 6 nitrogen and oxygen atoms in total. The van der Waals surface area contributed by atoms with Crippen molar-refractivity contribution in [2.45, 2.75) is 19.8 Å². The Morgan fingerprint density at radius 2 is 2.21 bits per heavy atom. The maximum absolute atomic E-state index is 12.3. The first-order chi connectivity index (χ1) is 9.10. The molecule has 0 aliphatic heterocycles. The van der Waals surface area contributed by atoms with Crippen molar-refractivity contribution in [2.75, 3.05) is 26.8 Å². The molecule has 19 heavy (non-hydrogen) atoms. The first-order valence-electron chi connectivity index (χ1n) is 6.16. The molecule has 1 amide bonds. The lowest BCUT2D eigenvalue weighted by molar-refractivity contribution is -0.137. The summed E-state index contributed by atoms with van der Waals surface area (Å²) in [6.45, 7) is 2.16. The summed E-state index contributed by atoms with van der Waals surface area (Å²) in [5.74, 6) is -0.790. The quantitative estimate of drug-likeness (QED) is 0.771. The zero-order valence-corrected chi connectivity index (χ0v) is 11.2. The lowest BCUT2D eigenvalue weighted by Gasteiger charge is -2.20. The molecular weight excluding hydrogens is 250 g/mol. The van der Waals surface area contributed by atoms with Gasteiger partial charge in [0.2, 0.25) is 0 Å². The standard InChI is InChI=1S/C13H19NO5/c1-3-4-11-10(5-7-19-11)13(17)14(6-8-18-2)9-12(15)16/h5,7H,3-4,6,8-9H2,1-2H3,(H,15,16). The van der Waals surface area contributed by atoms with Gasteiger partial charge in [0.1, 0.15) is 12.3 Å². The molecule has 1 rings (SSSR count). The van der Waals surface area contributed by atoms with E-state index in [-0.39, 0.29) is 19.0 Å². The zero-order chi connectivity index (χ0) is 14.3. The molecule has 0 saturated heterocycles. The fraction of sp³-hybridized carbons (Fsp3) is 0.538. The van der Waals surface area contributed by atoms with Crippen LogP contribution in [0.4, 0.5) is 0 Å². The molecule has 0 fully saturated rings. The molecule has 0 atom stereocenters. The van der Waals surface area contributed by atoms with Gasteiger partial charge in [-0.25, -0.2) is 0 Å².